The van der Waals surface area contributed by atoms with Gasteiger partial charge in [-0.15, -0.1) is 0 Å². The van der Waals surface area contributed by atoms with E-state index in [-0.39, 0.29) is 0 Å². The molecule has 0 saturated carbocycles. The van der Waals surface area contributed by atoms with E-state index in [9.17, 15) is 0 Å². The molecule has 1 unspecified atom stereocenters. The summed E-state index contributed by atoms with van der Waals surface area (Å²) >= 11 is 6.29. The maximum Gasteiger partial charge on any atom is 0.0639 e. The number of halogens is 1. The average molecular weight is 319 g/mol. The standard InChI is InChI=1S/C17H23ClN4/c1-13(14-11-19-21(2)12-14)20-15-7-9-22(10-8-15)17-6-4-3-5-16(17)18/h3-6,11-13,15,20H,7-10H2,1-2H3. The van der Waals surface area contributed by atoms with Gasteiger partial charge in [-0.3, -0.25) is 4.68 Å². The van der Waals surface area contributed by atoms with Gasteiger partial charge in [-0.25, -0.2) is 0 Å². The van der Waals surface area contributed by atoms with Crippen LogP contribution in [0.4, 0.5) is 5.69 Å². The minimum Gasteiger partial charge on any atom is -0.370 e. The fourth-order valence-electron chi connectivity index (χ4n) is 3.11. The number of nitrogens with zero attached hydrogens (tertiary/aromatic N) is 3. The van der Waals surface area contributed by atoms with Crippen LogP contribution in [0.25, 0.3) is 0 Å². The predicted molar refractivity (Wildman–Crippen MR) is 91.4 cm³/mol. The van der Waals surface area contributed by atoms with Gasteiger partial charge in [-0.05, 0) is 31.9 Å². The monoisotopic (exact) mass is 318 g/mol. The van der Waals surface area contributed by atoms with Crippen LogP contribution in [0.1, 0.15) is 31.4 Å². The van der Waals surface area contributed by atoms with E-state index >= 15 is 0 Å². The highest BCUT2D eigenvalue weighted by molar-refractivity contribution is 6.33. The van der Waals surface area contributed by atoms with Crippen molar-refractivity contribution in [2.45, 2.75) is 31.8 Å². The maximum atomic E-state index is 6.29. The Balaban J connectivity index is 1.55. The lowest BCUT2D eigenvalue weighted by Gasteiger charge is -2.35. The first-order valence-electron chi connectivity index (χ1n) is 7.87. The molecule has 22 heavy (non-hydrogen) atoms. The molecule has 5 heteroatoms. The Kier molecular flexibility index (Phi) is 4.69. The van der Waals surface area contributed by atoms with Crippen molar-refractivity contribution < 1.29 is 0 Å². The molecule has 1 saturated heterocycles. The van der Waals surface area contributed by atoms with Crippen molar-refractivity contribution in [3.63, 3.8) is 0 Å². The Labute approximate surface area is 137 Å². The van der Waals surface area contributed by atoms with Crippen LogP contribution in [0, 0.1) is 0 Å². The average Bonchev–Trinajstić information content (AvgIpc) is 2.95. The second kappa shape index (κ2) is 6.71. The molecule has 0 bridgehead atoms. The van der Waals surface area contributed by atoms with E-state index < -0.39 is 0 Å². The fraction of sp³-hybridized carbons (Fsp3) is 0.471. The Bertz CT molecular complexity index is 617. The molecule has 0 radical (unpaired) electrons. The summed E-state index contributed by atoms with van der Waals surface area (Å²) in [6.07, 6.45) is 6.29. The lowest BCUT2D eigenvalue weighted by atomic mass is 10.0. The minimum atomic E-state index is 0.338. The highest BCUT2D eigenvalue weighted by atomic mass is 35.5. The molecule has 1 aromatic heterocycles. The normalized spacial score (nSPS) is 17.7. The molecule has 1 aromatic carbocycles. The number of aromatic nitrogens is 2. The summed E-state index contributed by atoms with van der Waals surface area (Å²) in [6.45, 7) is 4.29. The summed E-state index contributed by atoms with van der Waals surface area (Å²) in [5.74, 6) is 0. The number of benzene rings is 1. The van der Waals surface area contributed by atoms with E-state index in [1.165, 1.54) is 5.56 Å². The van der Waals surface area contributed by atoms with Gasteiger partial charge in [0.25, 0.3) is 0 Å². The summed E-state index contributed by atoms with van der Waals surface area (Å²) < 4.78 is 1.85. The zero-order valence-electron chi connectivity index (χ0n) is 13.2. The van der Waals surface area contributed by atoms with E-state index in [0.29, 0.717) is 12.1 Å². The molecular weight excluding hydrogens is 296 g/mol. The second-order valence-electron chi connectivity index (χ2n) is 6.05. The molecule has 118 valence electrons. The van der Waals surface area contributed by atoms with Crippen LogP contribution in [0.2, 0.25) is 5.02 Å². The van der Waals surface area contributed by atoms with Crippen molar-refractivity contribution in [3.8, 4) is 0 Å². The second-order valence-corrected chi connectivity index (χ2v) is 6.46. The van der Waals surface area contributed by atoms with Crippen molar-refractivity contribution in [2.24, 2.45) is 7.05 Å². The number of anilines is 1. The van der Waals surface area contributed by atoms with Crippen LogP contribution in [-0.4, -0.2) is 28.9 Å². The first-order chi connectivity index (χ1) is 10.6. The summed E-state index contributed by atoms with van der Waals surface area (Å²) in [4.78, 5) is 2.38. The lowest BCUT2D eigenvalue weighted by Crippen LogP contribution is -2.43. The van der Waals surface area contributed by atoms with Crippen molar-refractivity contribution in [3.05, 3.63) is 47.2 Å². The fourth-order valence-corrected chi connectivity index (χ4v) is 3.36. The summed E-state index contributed by atoms with van der Waals surface area (Å²) in [5.41, 5.74) is 2.40. The number of hydrogen-bond acceptors (Lipinski definition) is 3. The first kappa shape index (κ1) is 15.4. The van der Waals surface area contributed by atoms with Gasteiger partial charge in [0.1, 0.15) is 0 Å². The quantitative estimate of drug-likeness (QED) is 0.938. The minimum absolute atomic E-state index is 0.338. The summed E-state index contributed by atoms with van der Waals surface area (Å²) in [6, 6.07) is 8.99. The lowest BCUT2D eigenvalue weighted by molar-refractivity contribution is 0.381. The van der Waals surface area contributed by atoms with Gasteiger partial charge >= 0.3 is 0 Å². The largest absolute Gasteiger partial charge is 0.370 e. The molecule has 1 aliphatic heterocycles. The molecule has 0 aliphatic carbocycles. The highest BCUT2D eigenvalue weighted by Gasteiger charge is 2.22. The van der Waals surface area contributed by atoms with Crippen molar-refractivity contribution in [1.82, 2.24) is 15.1 Å². The third-order valence-electron chi connectivity index (χ3n) is 4.40. The molecule has 1 fully saturated rings. The van der Waals surface area contributed by atoms with E-state index in [4.69, 9.17) is 11.6 Å². The SMILES string of the molecule is CC(NC1CCN(c2ccccc2Cl)CC1)c1cnn(C)c1. The van der Waals surface area contributed by atoms with Gasteiger partial charge in [0.2, 0.25) is 0 Å². The number of hydrogen-bond donors (Lipinski definition) is 1. The Morgan fingerprint density at radius 1 is 1.27 bits per heavy atom. The van der Waals surface area contributed by atoms with Crippen molar-refractivity contribution in [1.29, 1.82) is 0 Å². The molecule has 2 aromatic rings. The van der Waals surface area contributed by atoms with Gasteiger partial charge < -0.3 is 10.2 Å². The summed E-state index contributed by atoms with van der Waals surface area (Å²) in [5, 5.41) is 8.81. The van der Waals surface area contributed by atoms with Gasteiger partial charge in [0.15, 0.2) is 0 Å². The number of rotatable bonds is 4. The third kappa shape index (κ3) is 3.45. The molecule has 2 heterocycles. The van der Waals surface area contributed by atoms with Gasteiger partial charge in [0.05, 0.1) is 16.9 Å². The number of para-hydroxylation sites is 1. The summed E-state index contributed by atoms with van der Waals surface area (Å²) in [7, 11) is 1.96. The number of nitrogens with one attached hydrogen (secondary N) is 1. The van der Waals surface area contributed by atoms with E-state index in [2.05, 4.69) is 40.6 Å². The molecule has 1 N–H and O–H groups in total. The molecule has 3 rings (SSSR count). The van der Waals surface area contributed by atoms with Crippen LogP contribution in [0.5, 0.6) is 0 Å². The Hall–Kier alpha value is -1.52. The van der Waals surface area contributed by atoms with Gasteiger partial charge in [0, 0.05) is 44.0 Å². The van der Waals surface area contributed by atoms with E-state index in [1.807, 2.05) is 30.1 Å². The molecule has 4 nitrogen and oxygen atoms in total. The molecule has 0 amide bonds. The van der Waals surface area contributed by atoms with Crippen molar-refractivity contribution >= 4 is 17.3 Å². The first-order valence-corrected chi connectivity index (χ1v) is 8.25. The molecule has 1 aliphatic rings. The Morgan fingerprint density at radius 3 is 2.64 bits per heavy atom. The Morgan fingerprint density at radius 2 is 2.00 bits per heavy atom. The highest BCUT2D eigenvalue weighted by Crippen LogP contribution is 2.28. The van der Waals surface area contributed by atoms with Crippen LogP contribution in [0.3, 0.4) is 0 Å². The van der Waals surface area contributed by atoms with Crippen LogP contribution in [-0.2, 0) is 7.05 Å². The van der Waals surface area contributed by atoms with Gasteiger partial charge in [-0.2, -0.15) is 5.10 Å². The molecular formula is C17H23ClN4. The number of aryl methyl sites for hydroxylation is 1. The maximum absolute atomic E-state index is 6.29. The zero-order chi connectivity index (χ0) is 15.5. The smallest absolute Gasteiger partial charge is 0.0639 e. The molecule has 0 spiro atoms. The molecule has 1 atom stereocenters. The number of piperidine rings is 1. The van der Waals surface area contributed by atoms with Crippen LogP contribution in [0.15, 0.2) is 36.7 Å². The van der Waals surface area contributed by atoms with Crippen LogP contribution >= 0.6 is 11.6 Å². The van der Waals surface area contributed by atoms with Crippen molar-refractivity contribution in [2.75, 3.05) is 18.0 Å². The third-order valence-corrected chi connectivity index (χ3v) is 4.72. The topological polar surface area (TPSA) is 33.1 Å². The van der Waals surface area contributed by atoms with Gasteiger partial charge in [-0.1, -0.05) is 23.7 Å². The predicted octanol–water partition coefficient (Wildman–Crippen LogP) is 3.39. The van der Waals surface area contributed by atoms with E-state index in [0.717, 1.165) is 36.6 Å². The van der Waals surface area contributed by atoms with E-state index in [1.54, 1.807) is 0 Å². The van der Waals surface area contributed by atoms with Crippen LogP contribution < -0.4 is 10.2 Å². The zero-order valence-corrected chi connectivity index (χ0v) is 13.9.